The average molecular weight is 376 g/mol. The molecule has 140 valence electrons. The summed E-state index contributed by atoms with van der Waals surface area (Å²) in [5.74, 6) is -0.0495. The maximum atomic E-state index is 12.2. The molecule has 0 bridgehead atoms. The zero-order valence-electron chi connectivity index (χ0n) is 16.0. The van der Waals surface area contributed by atoms with Crippen molar-refractivity contribution in [2.45, 2.75) is 40.3 Å². The summed E-state index contributed by atoms with van der Waals surface area (Å²) in [5.41, 5.74) is 2.78. The first-order valence-corrected chi connectivity index (χ1v) is 9.56. The third-order valence-corrected chi connectivity index (χ3v) is 4.58. The van der Waals surface area contributed by atoms with Crippen LogP contribution in [0.1, 0.15) is 32.0 Å². The van der Waals surface area contributed by atoms with E-state index >= 15 is 0 Å². The molecule has 0 aliphatic carbocycles. The molecule has 0 aliphatic rings. The van der Waals surface area contributed by atoms with Gasteiger partial charge in [0.15, 0.2) is 11.7 Å². The van der Waals surface area contributed by atoms with E-state index in [-0.39, 0.29) is 17.9 Å². The largest absolute Gasteiger partial charge is 0.349 e. The number of anilines is 2. The molecule has 2 aromatic rings. The van der Waals surface area contributed by atoms with E-state index in [1.165, 1.54) is 18.3 Å². The highest BCUT2D eigenvalue weighted by molar-refractivity contribution is 7.14. The van der Waals surface area contributed by atoms with Gasteiger partial charge >= 0.3 is 0 Å². The Morgan fingerprint density at radius 2 is 2.08 bits per heavy atom. The Morgan fingerprint density at radius 3 is 2.69 bits per heavy atom. The van der Waals surface area contributed by atoms with Gasteiger partial charge in [-0.3, -0.25) is 14.5 Å². The van der Waals surface area contributed by atoms with Crippen LogP contribution in [-0.2, 0) is 16.1 Å². The van der Waals surface area contributed by atoms with Crippen molar-refractivity contribution in [3.63, 3.8) is 0 Å². The van der Waals surface area contributed by atoms with E-state index < -0.39 is 0 Å². The SMILES string of the molecule is CC(=O)N(c1cccc(C)c1)c1nc(C[NH+](C)CC(=O)NC(C)C)cs1. The lowest BCUT2D eigenvalue weighted by molar-refractivity contribution is -0.885. The second-order valence-corrected chi connectivity index (χ2v) is 7.68. The number of rotatable bonds is 7. The predicted octanol–water partition coefficient (Wildman–Crippen LogP) is 1.68. The summed E-state index contributed by atoms with van der Waals surface area (Å²) in [6.07, 6.45) is 0. The topological polar surface area (TPSA) is 66.7 Å². The number of carbonyl (C=O) groups is 2. The fourth-order valence-electron chi connectivity index (χ4n) is 2.69. The van der Waals surface area contributed by atoms with Gasteiger partial charge < -0.3 is 10.2 Å². The fraction of sp³-hybridized carbons (Fsp3) is 0.421. The number of nitrogens with zero attached hydrogens (tertiary/aromatic N) is 2. The summed E-state index contributed by atoms with van der Waals surface area (Å²) in [4.78, 5) is 31.3. The molecule has 1 unspecified atom stereocenters. The van der Waals surface area contributed by atoms with E-state index in [2.05, 4.69) is 10.3 Å². The molecule has 0 saturated carbocycles. The van der Waals surface area contributed by atoms with Crippen molar-refractivity contribution in [1.82, 2.24) is 10.3 Å². The van der Waals surface area contributed by atoms with Gasteiger partial charge in [-0.2, -0.15) is 0 Å². The van der Waals surface area contributed by atoms with Gasteiger partial charge in [-0.05, 0) is 38.5 Å². The Balaban J connectivity index is 2.09. The van der Waals surface area contributed by atoms with E-state index in [0.29, 0.717) is 18.2 Å². The van der Waals surface area contributed by atoms with Gasteiger partial charge in [-0.1, -0.05) is 12.1 Å². The highest BCUT2D eigenvalue weighted by Gasteiger charge is 2.19. The molecule has 0 saturated heterocycles. The normalized spacial score (nSPS) is 12.1. The number of carbonyl (C=O) groups excluding carboxylic acids is 2. The molecule has 7 heteroatoms. The van der Waals surface area contributed by atoms with Gasteiger partial charge in [-0.15, -0.1) is 11.3 Å². The molecule has 2 amide bonds. The van der Waals surface area contributed by atoms with Crippen molar-refractivity contribution in [3.8, 4) is 0 Å². The number of likely N-dealkylation sites (N-methyl/N-ethyl adjacent to an activating group) is 1. The third-order valence-electron chi connectivity index (χ3n) is 3.70. The van der Waals surface area contributed by atoms with E-state index in [0.717, 1.165) is 21.8 Å². The average Bonchev–Trinajstić information content (AvgIpc) is 2.93. The van der Waals surface area contributed by atoms with Crippen LogP contribution in [0.2, 0.25) is 0 Å². The van der Waals surface area contributed by atoms with Gasteiger partial charge in [0, 0.05) is 18.3 Å². The molecule has 2 rings (SSSR count). The minimum absolute atomic E-state index is 0.0260. The lowest BCUT2D eigenvalue weighted by Crippen LogP contribution is -3.09. The first kappa shape index (κ1) is 20.1. The van der Waals surface area contributed by atoms with Crippen LogP contribution in [0, 0.1) is 6.92 Å². The van der Waals surface area contributed by atoms with E-state index in [1.54, 1.807) is 4.90 Å². The zero-order chi connectivity index (χ0) is 19.3. The second kappa shape index (κ2) is 8.91. The lowest BCUT2D eigenvalue weighted by atomic mass is 10.2. The van der Waals surface area contributed by atoms with Crippen molar-refractivity contribution in [3.05, 3.63) is 40.9 Å². The molecule has 1 atom stereocenters. The summed E-state index contributed by atoms with van der Waals surface area (Å²) in [6.45, 7) is 8.44. The van der Waals surface area contributed by atoms with Crippen molar-refractivity contribution in [1.29, 1.82) is 0 Å². The van der Waals surface area contributed by atoms with Crippen LogP contribution in [0.5, 0.6) is 0 Å². The number of hydrogen-bond donors (Lipinski definition) is 2. The first-order chi connectivity index (χ1) is 12.3. The number of aromatic nitrogens is 1. The van der Waals surface area contributed by atoms with Crippen LogP contribution in [0.15, 0.2) is 29.6 Å². The molecule has 26 heavy (non-hydrogen) atoms. The maximum Gasteiger partial charge on any atom is 0.275 e. The van der Waals surface area contributed by atoms with Gasteiger partial charge in [0.25, 0.3) is 5.91 Å². The third kappa shape index (κ3) is 5.64. The molecule has 0 spiro atoms. The molecule has 1 heterocycles. The maximum absolute atomic E-state index is 12.2. The van der Waals surface area contributed by atoms with Gasteiger partial charge in [0.05, 0.1) is 12.7 Å². The number of aryl methyl sites for hydroxylation is 1. The van der Waals surface area contributed by atoms with Crippen molar-refractivity contribution in [2.24, 2.45) is 0 Å². The number of hydrogen-bond acceptors (Lipinski definition) is 4. The number of nitrogens with one attached hydrogen (secondary N) is 2. The van der Waals surface area contributed by atoms with Crippen LogP contribution in [0.4, 0.5) is 10.8 Å². The molecule has 0 fully saturated rings. The Kier molecular flexibility index (Phi) is 6.88. The smallest absolute Gasteiger partial charge is 0.275 e. The molecule has 0 aliphatic heterocycles. The highest BCUT2D eigenvalue weighted by atomic mass is 32.1. The quantitative estimate of drug-likeness (QED) is 0.774. The summed E-state index contributed by atoms with van der Waals surface area (Å²) in [7, 11) is 1.96. The summed E-state index contributed by atoms with van der Waals surface area (Å²) >= 11 is 1.44. The molecule has 2 N–H and O–H groups in total. The van der Waals surface area contributed by atoms with Gasteiger partial charge in [0.2, 0.25) is 5.91 Å². The Bertz CT molecular complexity index is 772. The predicted molar refractivity (Wildman–Crippen MR) is 105 cm³/mol. The van der Waals surface area contributed by atoms with E-state index in [1.807, 2.05) is 57.5 Å². The monoisotopic (exact) mass is 375 g/mol. The van der Waals surface area contributed by atoms with Gasteiger partial charge in [-0.25, -0.2) is 4.98 Å². The highest BCUT2D eigenvalue weighted by Crippen LogP contribution is 2.29. The van der Waals surface area contributed by atoms with Gasteiger partial charge in [0.1, 0.15) is 12.2 Å². The lowest BCUT2D eigenvalue weighted by Gasteiger charge is -2.18. The van der Waals surface area contributed by atoms with Crippen LogP contribution < -0.4 is 15.1 Å². The number of amides is 2. The van der Waals surface area contributed by atoms with Crippen molar-refractivity contribution in [2.75, 3.05) is 18.5 Å². The van der Waals surface area contributed by atoms with Crippen molar-refractivity contribution >= 4 is 34.0 Å². The Morgan fingerprint density at radius 1 is 1.35 bits per heavy atom. The first-order valence-electron chi connectivity index (χ1n) is 8.68. The molecule has 0 radical (unpaired) electrons. The second-order valence-electron chi connectivity index (χ2n) is 6.85. The van der Waals surface area contributed by atoms with Crippen LogP contribution in [-0.4, -0.2) is 36.4 Å². The van der Waals surface area contributed by atoms with E-state index in [9.17, 15) is 9.59 Å². The van der Waals surface area contributed by atoms with Crippen LogP contribution >= 0.6 is 11.3 Å². The molecule has 1 aromatic carbocycles. The molecular formula is C19H27N4O2S+. The van der Waals surface area contributed by atoms with Crippen LogP contribution in [0.25, 0.3) is 0 Å². The molecule has 1 aromatic heterocycles. The van der Waals surface area contributed by atoms with Crippen LogP contribution in [0.3, 0.4) is 0 Å². The molecular weight excluding hydrogens is 348 g/mol. The summed E-state index contributed by atoms with van der Waals surface area (Å²) in [5, 5.41) is 5.49. The Labute approximate surface area is 158 Å². The Hall–Kier alpha value is -2.25. The van der Waals surface area contributed by atoms with Crippen molar-refractivity contribution < 1.29 is 14.5 Å². The summed E-state index contributed by atoms with van der Waals surface area (Å²) in [6, 6.07) is 7.94. The van der Waals surface area contributed by atoms with E-state index in [4.69, 9.17) is 0 Å². The zero-order valence-corrected chi connectivity index (χ0v) is 16.8. The summed E-state index contributed by atoms with van der Waals surface area (Å²) < 4.78 is 0. The minimum atomic E-state index is -0.0755. The standard InChI is InChI=1S/C19H26N4O2S/c1-13(2)20-18(25)11-22(5)10-16-12-26-19(21-16)23(15(4)24)17-8-6-7-14(3)9-17/h6-9,12-13H,10-11H2,1-5H3,(H,20,25)/p+1. The molecule has 6 nitrogen and oxygen atoms in total. The number of thiazole rings is 1. The fourth-order valence-corrected chi connectivity index (χ4v) is 3.58. The number of benzene rings is 1. The number of quaternary nitrogens is 1. The minimum Gasteiger partial charge on any atom is -0.349 e.